The number of aromatic carboxylic acids is 1. The van der Waals surface area contributed by atoms with E-state index in [0.717, 1.165) is 17.8 Å². The molecule has 1 unspecified atom stereocenters. The third-order valence-corrected chi connectivity index (χ3v) is 3.56. The highest BCUT2D eigenvalue weighted by molar-refractivity contribution is 8.00. The Hall–Kier alpha value is -1.67. The summed E-state index contributed by atoms with van der Waals surface area (Å²) in [5, 5.41) is 28.2. The number of nitro benzene ring substituents is 1. The van der Waals surface area contributed by atoms with Crippen LogP contribution in [-0.4, -0.2) is 33.0 Å². The number of hydrogen-bond acceptors (Lipinski definition) is 5. The molecule has 8 heteroatoms. The third-order valence-electron chi connectivity index (χ3n) is 2.34. The normalized spacial score (nSPS) is 12.2. The molecule has 1 atom stereocenters. The van der Waals surface area contributed by atoms with Crippen LogP contribution in [0.25, 0.3) is 0 Å². The van der Waals surface area contributed by atoms with Crippen LogP contribution in [0.15, 0.2) is 17.0 Å². The Bertz CT molecular complexity index is 508. The summed E-state index contributed by atoms with van der Waals surface area (Å²) in [7, 11) is 0. The fraction of sp³-hybridized carbons (Fsp3) is 0.364. The quantitative estimate of drug-likeness (QED) is 0.473. The van der Waals surface area contributed by atoms with Gasteiger partial charge in [-0.25, -0.2) is 9.18 Å². The average Bonchev–Trinajstić information content (AvgIpc) is 2.30. The standard InChI is InChI=1S/C11H12FNO5S/c1-6(2-3-14)19-10-4-7(11(15)16)8(12)5-9(10)13(17)18/h4-6,14H,2-3H2,1H3,(H,15,16). The molecule has 0 bridgehead atoms. The van der Waals surface area contributed by atoms with E-state index in [9.17, 15) is 19.3 Å². The van der Waals surface area contributed by atoms with Crippen molar-refractivity contribution < 1.29 is 24.3 Å². The maximum absolute atomic E-state index is 13.4. The summed E-state index contributed by atoms with van der Waals surface area (Å²) in [6.45, 7) is 1.64. The summed E-state index contributed by atoms with van der Waals surface area (Å²) >= 11 is 1.03. The van der Waals surface area contributed by atoms with E-state index in [1.807, 2.05) is 0 Å². The number of hydrogen-bond donors (Lipinski definition) is 2. The maximum Gasteiger partial charge on any atom is 0.338 e. The maximum atomic E-state index is 13.4. The molecule has 0 aromatic heterocycles. The number of carboxylic acids is 1. The monoisotopic (exact) mass is 289 g/mol. The summed E-state index contributed by atoms with van der Waals surface area (Å²) in [6, 6.07) is 1.56. The molecule has 0 aliphatic heterocycles. The fourth-order valence-corrected chi connectivity index (χ4v) is 2.50. The van der Waals surface area contributed by atoms with E-state index in [2.05, 4.69) is 0 Å². The van der Waals surface area contributed by atoms with Gasteiger partial charge < -0.3 is 10.2 Å². The Kier molecular flexibility index (Phi) is 5.25. The molecular weight excluding hydrogens is 277 g/mol. The third kappa shape index (κ3) is 3.90. The van der Waals surface area contributed by atoms with Crippen LogP contribution in [0.3, 0.4) is 0 Å². The predicted octanol–water partition coefficient (Wildman–Crippen LogP) is 2.30. The first-order valence-corrected chi connectivity index (χ1v) is 6.23. The molecule has 0 saturated carbocycles. The molecule has 0 radical (unpaired) electrons. The lowest BCUT2D eigenvalue weighted by atomic mass is 10.2. The largest absolute Gasteiger partial charge is 0.478 e. The van der Waals surface area contributed by atoms with Crippen molar-refractivity contribution in [3.05, 3.63) is 33.6 Å². The molecule has 0 heterocycles. The van der Waals surface area contributed by atoms with E-state index < -0.39 is 28.0 Å². The highest BCUT2D eigenvalue weighted by Gasteiger charge is 2.23. The van der Waals surface area contributed by atoms with Gasteiger partial charge in [-0.2, -0.15) is 0 Å². The Labute approximate surface area is 112 Å². The first-order valence-electron chi connectivity index (χ1n) is 5.35. The van der Waals surface area contributed by atoms with Crippen molar-refractivity contribution in [3.8, 4) is 0 Å². The van der Waals surface area contributed by atoms with Gasteiger partial charge in [0.2, 0.25) is 0 Å². The van der Waals surface area contributed by atoms with E-state index in [1.54, 1.807) is 6.92 Å². The number of aliphatic hydroxyl groups is 1. The van der Waals surface area contributed by atoms with E-state index in [1.165, 1.54) is 0 Å². The topological polar surface area (TPSA) is 101 Å². The van der Waals surface area contributed by atoms with Gasteiger partial charge in [-0.3, -0.25) is 10.1 Å². The Balaban J connectivity index is 3.21. The van der Waals surface area contributed by atoms with Crippen LogP contribution in [0.5, 0.6) is 0 Å². The van der Waals surface area contributed by atoms with Crippen molar-refractivity contribution in [1.82, 2.24) is 0 Å². The summed E-state index contributed by atoms with van der Waals surface area (Å²) < 4.78 is 13.4. The van der Waals surface area contributed by atoms with Gasteiger partial charge in [0.25, 0.3) is 5.69 Å². The Morgan fingerprint density at radius 2 is 2.21 bits per heavy atom. The number of rotatable bonds is 6. The fourth-order valence-electron chi connectivity index (χ4n) is 1.40. The van der Waals surface area contributed by atoms with Crippen LogP contribution in [-0.2, 0) is 0 Å². The number of thioether (sulfide) groups is 1. The first-order chi connectivity index (χ1) is 8.86. The summed E-state index contributed by atoms with van der Waals surface area (Å²) in [5.74, 6) is -2.62. The average molecular weight is 289 g/mol. The molecule has 0 amide bonds. The van der Waals surface area contributed by atoms with Gasteiger partial charge in [0.05, 0.1) is 21.4 Å². The lowest BCUT2D eigenvalue weighted by Gasteiger charge is -2.10. The molecule has 2 N–H and O–H groups in total. The summed E-state index contributed by atoms with van der Waals surface area (Å²) in [5.41, 5.74) is -1.08. The Morgan fingerprint density at radius 1 is 1.58 bits per heavy atom. The SMILES string of the molecule is CC(CCO)Sc1cc(C(=O)O)c(F)cc1[N+](=O)[O-]. The zero-order valence-electron chi connectivity index (χ0n) is 10.00. The highest BCUT2D eigenvalue weighted by atomic mass is 32.2. The number of nitro groups is 1. The molecule has 0 aliphatic rings. The molecule has 0 saturated heterocycles. The van der Waals surface area contributed by atoms with Crippen molar-refractivity contribution >= 4 is 23.4 Å². The lowest BCUT2D eigenvalue weighted by molar-refractivity contribution is -0.387. The van der Waals surface area contributed by atoms with Crippen LogP contribution in [0.1, 0.15) is 23.7 Å². The second-order valence-electron chi connectivity index (χ2n) is 3.80. The van der Waals surface area contributed by atoms with E-state index >= 15 is 0 Å². The molecule has 1 rings (SSSR count). The van der Waals surface area contributed by atoms with Gasteiger partial charge in [0, 0.05) is 11.9 Å². The zero-order chi connectivity index (χ0) is 14.6. The van der Waals surface area contributed by atoms with Crippen molar-refractivity contribution in [3.63, 3.8) is 0 Å². The second kappa shape index (κ2) is 6.48. The predicted molar refractivity (Wildman–Crippen MR) is 67.0 cm³/mol. The lowest BCUT2D eigenvalue weighted by Crippen LogP contribution is -2.05. The van der Waals surface area contributed by atoms with Crippen molar-refractivity contribution in [2.45, 2.75) is 23.5 Å². The second-order valence-corrected chi connectivity index (χ2v) is 5.28. The summed E-state index contributed by atoms with van der Waals surface area (Å²) in [4.78, 5) is 20.9. The van der Waals surface area contributed by atoms with Crippen LogP contribution in [0.4, 0.5) is 10.1 Å². The van der Waals surface area contributed by atoms with E-state index in [-0.39, 0.29) is 16.8 Å². The van der Waals surface area contributed by atoms with Gasteiger partial charge in [0.15, 0.2) is 0 Å². The minimum absolute atomic E-state index is 0.0738. The molecular formula is C11H12FNO5S. The molecule has 104 valence electrons. The van der Waals surface area contributed by atoms with Gasteiger partial charge in [-0.05, 0) is 12.5 Å². The zero-order valence-corrected chi connectivity index (χ0v) is 10.8. The number of nitrogens with zero attached hydrogens (tertiary/aromatic N) is 1. The molecule has 1 aromatic carbocycles. The number of carbonyl (C=O) groups is 1. The number of benzene rings is 1. The molecule has 0 aliphatic carbocycles. The molecule has 19 heavy (non-hydrogen) atoms. The van der Waals surface area contributed by atoms with Crippen molar-refractivity contribution in [1.29, 1.82) is 0 Å². The van der Waals surface area contributed by atoms with Gasteiger partial charge in [-0.15, -0.1) is 11.8 Å². The van der Waals surface area contributed by atoms with E-state index in [0.29, 0.717) is 12.5 Å². The van der Waals surface area contributed by atoms with Crippen molar-refractivity contribution in [2.24, 2.45) is 0 Å². The van der Waals surface area contributed by atoms with Gasteiger partial charge in [0.1, 0.15) is 5.82 Å². The van der Waals surface area contributed by atoms with Crippen LogP contribution in [0, 0.1) is 15.9 Å². The molecule has 0 spiro atoms. The van der Waals surface area contributed by atoms with Crippen LogP contribution in [0.2, 0.25) is 0 Å². The first kappa shape index (κ1) is 15.4. The van der Waals surface area contributed by atoms with Crippen molar-refractivity contribution in [2.75, 3.05) is 6.61 Å². The van der Waals surface area contributed by atoms with Crippen LogP contribution < -0.4 is 0 Å². The van der Waals surface area contributed by atoms with Gasteiger partial charge in [-0.1, -0.05) is 6.92 Å². The number of carboxylic acid groups (broad SMARTS) is 1. The smallest absolute Gasteiger partial charge is 0.338 e. The van der Waals surface area contributed by atoms with Crippen LogP contribution >= 0.6 is 11.8 Å². The molecule has 6 nitrogen and oxygen atoms in total. The van der Waals surface area contributed by atoms with E-state index in [4.69, 9.17) is 10.2 Å². The minimum atomic E-state index is -1.48. The molecule has 1 aromatic rings. The Morgan fingerprint density at radius 3 is 2.68 bits per heavy atom. The van der Waals surface area contributed by atoms with Gasteiger partial charge >= 0.3 is 5.97 Å². The number of halogens is 1. The molecule has 0 fully saturated rings. The number of aliphatic hydroxyl groups excluding tert-OH is 1. The summed E-state index contributed by atoms with van der Waals surface area (Å²) in [6.07, 6.45) is 0.390. The highest BCUT2D eigenvalue weighted by Crippen LogP contribution is 2.35. The minimum Gasteiger partial charge on any atom is -0.478 e.